The van der Waals surface area contributed by atoms with E-state index in [9.17, 15) is 14.7 Å². The fourth-order valence-corrected chi connectivity index (χ4v) is 11.0. The quantitative estimate of drug-likeness (QED) is 0.0741. The second kappa shape index (κ2) is 17.3. The molecule has 9 rings (SSSR count). The van der Waals surface area contributed by atoms with E-state index in [1.807, 2.05) is 48.5 Å². The lowest BCUT2D eigenvalue weighted by molar-refractivity contribution is 0.0689. The van der Waals surface area contributed by atoms with Crippen LogP contribution in [0.3, 0.4) is 0 Å². The third-order valence-electron chi connectivity index (χ3n) is 10.8. The van der Waals surface area contributed by atoms with Crippen LogP contribution in [0.4, 0.5) is 16.6 Å². The van der Waals surface area contributed by atoms with Crippen molar-refractivity contribution in [3.8, 4) is 16.9 Å². The standard InChI is InChI=1S/C43H44N8O4S3/c52-40(49-42-47-33-10-1-2-11-34(33)57-42)30-9-5-8-27-17-22-51(24-31(27)30)43-48-37(41(53)54)35(58-43)12-6-23-55-29-15-13-28(14-16-29)32-25-56-38-36(32)45-26-46-39(38)44-18-7-21-50-19-3-4-20-50/h1-2,5,8-11,13-16,25-26,42,47H,3-4,6-7,12,17-24H2,(H,49,52)(H,53,54)(H,44,45,46). The summed E-state index contributed by atoms with van der Waals surface area (Å²) >= 11 is 4.65. The van der Waals surface area contributed by atoms with Gasteiger partial charge in [0.05, 0.1) is 22.5 Å². The maximum atomic E-state index is 13.6. The fraction of sp³-hybridized carbons (Fsp3) is 0.326. The monoisotopic (exact) mass is 832 g/mol. The van der Waals surface area contributed by atoms with Gasteiger partial charge < -0.3 is 35.6 Å². The van der Waals surface area contributed by atoms with Crippen molar-refractivity contribution in [3.05, 3.63) is 106 Å². The zero-order valence-electron chi connectivity index (χ0n) is 31.9. The van der Waals surface area contributed by atoms with Gasteiger partial charge in [-0.15, -0.1) is 22.7 Å². The molecule has 1 fully saturated rings. The third kappa shape index (κ3) is 8.35. The molecule has 4 N–H and O–H groups in total. The molecular weight excluding hydrogens is 789 g/mol. The minimum absolute atomic E-state index is 0.0808. The molecule has 0 bridgehead atoms. The maximum Gasteiger partial charge on any atom is 0.355 e. The van der Waals surface area contributed by atoms with Crippen LogP contribution >= 0.6 is 34.4 Å². The predicted molar refractivity (Wildman–Crippen MR) is 233 cm³/mol. The molecule has 0 saturated carbocycles. The molecule has 3 aliphatic rings. The predicted octanol–water partition coefficient (Wildman–Crippen LogP) is 8.22. The van der Waals surface area contributed by atoms with E-state index in [-0.39, 0.29) is 17.1 Å². The van der Waals surface area contributed by atoms with Crippen LogP contribution in [0.15, 0.2) is 83.3 Å². The van der Waals surface area contributed by atoms with Gasteiger partial charge in [-0.2, -0.15) is 0 Å². The molecule has 1 atom stereocenters. The van der Waals surface area contributed by atoms with Gasteiger partial charge in [0.2, 0.25) is 0 Å². The number of aromatic nitrogens is 3. The summed E-state index contributed by atoms with van der Waals surface area (Å²) in [7, 11) is 0. The van der Waals surface area contributed by atoms with Crippen LogP contribution in [-0.2, 0) is 19.4 Å². The average molecular weight is 833 g/mol. The highest BCUT2D eigenvalue weighted by Gasteiger charge is 2.28. The van der Waals surface area contributed by atoms with E-state index in [0.29, 0.717) is 48.1 Å². The molecule has 58 heavy (non-hydrogen) atoms. The summed E-state index contributed by atoms with van der Waals surface area (Å²) in [6, 6.07) is 21.9. The molecule has 12 nitrogen and oxygen atoms in total. The summed E-state index contributed by atoms with van der Waals surface area (Å²) in [5.41, 5.74) is 6.59. The molecule has 6 heterocycles. The number of ether oxygens (including phenoxy) is 1. The van der Waals surface area contributed by atoms with E-state index >= 15 is 0 Å². The van der Waals surface area contributed by atoms with Crippen molar-refractivity contribution in [1.29, 1.82) is 0 Å². The van der Waals surface area contributed by atoms with Crippen LogP contribution in [0.25, 0.3) is 21.3 Å². The Kier molecular flexibility index (Phi) is 11.4. The van der Waals surface area contributed by atoms with Crippen molar-refractivity contribution in [2.45, 2.75) is 55.5 Å². The molecule has 3 aliphatic heterocycles. The van der Waals surface area contributed by atoms with Crippen LogP contribution < -0.4 is 25.6 Å². The minimum atomic E-state index is -1.04. The van der Waals surface area contributed by atoms with Gasteiger partial charge in [0, 0.05) is 45.9 Å². The average Bonchev–Trinajstić information content (AvgIpc) is 4.08. The number of anilines is 3. The number of thiophene rings is 1. The summed E-state index contributed by atoms with van der Waals surface area (Å²) in [6.07, 6.45) is 7.24. The highest BCUT2D eigenvalue weighted by molar-refractivity contribution is 8.00. The zero-order valence-corrected chi connectivity index (χ0v) is 34.4. The number of likely N-dealkylation sites (tertiary alicyclic amines) is 1. The van der Waals surface area contributed by atoms with Gasteiger partial charge in [-0.3, -0.25) is 4.79 Å². The van der Waals surface area contributed by atoms with Crippen LogP contribution in [-0.4, -0.2) is 81.7 Å². The lowest BCUT2D eigenvalue weighted by Gasteiger charge is -2.30. The Morgan fingerprint density at radius 1 is 0.983 bits per heavy atom. The van der Waals surface area contributed by atoms with E-state index in [4.69, 9.17) is 4.74 Å². The van der Waals surface area contributed by atoms with Gasteiger partial charge in [-0.05, 0) is 105 Å². The van der Waals surface area contributed by atoms with E-state index < -0.39 is 5.97 Å². The van der Waals surface area contributed by atoms with Crippen molar-refractivity contribution < 1.29 is 19.4 Å². The van der Waals surface area contributed by atoms with Gasteiger partial charge in [-0.25, -0.2) is 19.7 Å². The number of carboxylic acid groups (broad SMARTS) is 1. The zero-order chi connectivity index (χ0) is 39.4. The Morgan fingerprint density at radius 2 is 1.84 bits per heavy atom. The summed E-state index contributed by atoms with van der Waals surface area (Å²) in [4.78, 5) is 46.1. The molecule has 298 valence electrons. The molecule has 0 aliphatic carbocycles. The Labute approximate surface area is 349 Å². The Balaban J connectivity index is 0.792. The molecule has 1 saturated heterocycles. The number of amides is 1. The largest absolute Gasteiger partial charge is 0.494 e. The topological polar surface area (TPSA) is 145 Å². The number of aryl methyl sites for hydroxylation is 1. The first kappa shape index (κ1) is 38.3. The molecule has 15 heteroatoms. The molecule has 1 amide bonds. The van der Waals surface area contributed by atoms with Gasteiger partial charge in [0.25, 0.3) is 5.91 Å². The number of benzene rings is 3. The number of para-hydroxylation sites is 1. The first-order chi connectivity index (χ1) is 28.5. The normalized spacial score (nSPS) is 16.2. The first-order valence-corrected chi connectivity index (χ1v) is 22.4. The second-order valence-electron chi connectivity index (χ2n) is 14.7. The number of fused-ring (bicyclic) bond motifs is 3. The maximum absolute atomic E-state index is 13.6. The third-order valence-corrected chi connectivity index (χ3v) is 14.1. The number of nitrogens with zero attached hydrogens (tertiary/aromatic N) is 5. The van der Waals surface area contributed by atoms with Gasteiger partial charge in [0.1, 0.15) is 17.9 Å². The number of carbonyl (C=O) groups is 2. The number of hydrogen-bond acceptors (Lipinski definition) is 13. The van der Waals surface area contributed by atoms with Crippen molar-refractivity contribution in [2.75, 3.05) is 54.9 Å². The van der Waals surface area contributed by atoms with E-state index in [1.54, 1.807) is 29.4 Å². The molecule has 6 aromatic rings. The Hall–Kier alpha value is -5.22. The van der Waals surface area contributed by atoms with E-state index in [2.05, 4.69) is 64.3 Å². The van der Waals surface area contributed by atoms with Gasteiger partial charge in [0.15, 0.2) is 16.3 Å². The highest BCUT2D eigenvalue weighted by atomic mass is 32.2. The highest BCUT2D eigenvalue weighted by Crippen LogP contribution is 2.38. The molecule has 3 aromatic carbocycles. The van der Waals surface area contributed by atoms with Gasteiger partial charge in [-0.1, -0.05) is 48.2 Å². The molecular formula is C43H44N8O4S3. The Morgan fingerprint density at radius 3 is 2.69 bits per heavy atom. The number of carbonyl (C=O) groups excluding carboxylic acids is 1. The van der Waals surface area contributed by atoms with Crippen molar-refractivity contribution in [3.63, 3.8) is 0 Å². The molecule has 1 unspecified atom stereocenters. The van der Waals surface area contributed by atoms with Crippen molar-refractivity contribution in [2.24, 2.45) is 0 Å². The van der Waals surface area contributed by atoms with Crippen LogP contribution in [0.1, 0.15) is 62.5 Å². The van der Waals surface area contributed by atoms with Crippen molar-refractivity contribution in [1.82, 2.24) is 25.2 Å². The smallest absolute Gasteiger partial charge is 0.355 e. The number of aromatic carboxylic acids is 1. The van der Waals surface area contributed by atoms with Crippen LogP contribution in [0.2, 0.25) is 0 Å². The summed E-state index contributed by atoms with van der Waals surface area (Å²) in [5.74, 6) is 0.452. The second-order valence-corrected chi connectivity index (χ2v) is 17.7. The SMILES string of the molecule is O=C(NC1Nc2ccccc2S1)c1cccc2c1CN(c1nc(C(=O)O)c(CCCOc3ccc(-c4csc5c(NCCCN6CCCC6)ncnc45)cc3)s1)CC2. The summed E-state index contributed by atoms with van der Waals surface area (Å²) in [6.45, 7) is 6.03. The lowest BCUT2D eigenvalue weighted by atomic mass is 9.94. The Bertz CT molecular complexity index is 2410. The lowest BCUT2D eigenvalue weighted by Crippen LogP contribution is -2.38. The van der Waals surface area contributed by atoms with Crippen LogP contribution in [0.5, 0.6) is 5.75 Å². The summed E-state index contributed by atoms with van der Waals surface area (Å²) in [5, 5.41) is 22.9. The molecule has 0 spiro atoms. The number of nitrogens with one attached hydrogen (secondary N) is 3. The number of carboxylic acids is 1. The van der Waals surface area contributed by atoms with Gasteiger partial charge >= 0.3 is 5.97 Å². The number of rotatable bonds is 15. The van der Waals surface area contributed by atoms with Crippen LogP contribution in [0, 0.1) is 0 Å². The molecule has 0 radical (unpaired) electrons. The molecule has 3 aromatic heterocycles. The first-order valence-electron chi connectivity index (χ1n) is 19.8. The van der Waals surface area contributed by atoms with E-state index in [1.165, 1.54) is 37.3 Å². The number of thiazole rings is 1. The van der Waals surface area contributed by atoms with E-state index in [0.717, 1.165) is 80.6 Å². The summed E-state index contributed by atoms with van der Waals surface area (Å²) < 4.78 is 7.17. The minimum Gasteiger partial charge on any atom is -0.494 e. The fourth-order valence-electron chi connectivity index (χ4n) is 7.87. The number of hydrogen-bond donors (Lipinski definition) is 4. The van der Waals surface area contributed by atoms with Crippen molar-refractivity contribution >= 4 is 73.2 Å². The number of thioether (sulfide) groups is 1.